The minimum Gasteiger partial charge on any atom is -0.463 e. The van der Waals surface area contributed by atoms with E-state index in [1.165, 1.54) is 6.08 Å². The molecule has 0 spiro atoms. The number of carbonyl (C=O) groups excluding carboxylic acids is 1. The second kappa shape index (κ2) is 5.72. The molecule has 0 saturated carbocycles. The molecule has 0 aliphatic carbocycles. The number of nitriles is 1. The third-order valence-electron chi connectivity index (χ3n) is 2.03. The Labute approximate surface area is 95.0 Å². The van der Waals surface area contributed by atoms with E-state index in [-0.39, 0.29) is 0 Å². The van der Waals surface area contributed by atoms with Crippen molar-refractivity contribution in [2.45, 2.75) is 13.8 Å². The van der Waals surface area contributed by atoms with E-state index in [0.29, 0.717) is 12.2 Å². The first-order valence-electron chi connectivity index (χ1n) is 5.03. The minimum absolute atomic E-state index is 0.307. The fourth-order valence-corrected chi connectivity index (χ4v) is 1.22. The highest BCUT2D eigenvalue weighted by Gasteiger charge is 2.04. The lowest BCUT2D eigenvalue weighted by Crippen LogP contribution is -2.00. The van der Waals surface area contributed by atoms with Crippen molar-refractivity contribution in [3.63, 3.8) is 0 Å². The van der Waals surface area contributed by atoms with Gasteiger partial charge in [-0.25, -0.2) is 4.79 Å². The second-order valence-electron chi connectivity index (χ2n) is 3.29. The Morgan fingerprint density at radius 1 is 1.44 bits per heavy atom. The molecule has 0 aromatic heterocycles. The third kappa shape index (κ3) is 3.25. The van der Waals surface area contributed by atoms with Gasteiger partial charge in [0.25, 0.3) is 0 Å². The molecule has 1 rings (SSSR count). The molecule has 0 aliphatic rings. The molecule has 16 heavy (non-hydrogen) atoms. The number of hydrogen-bond donors (Lipinski definition) is 0. The summed E-state index contributed by atoms with van der Waals surface area (Å²) in [5.41, 5.74) is 2.15. The summed E-state index contributed by atoms with van der Waals surface area (Å²) >= 11 is 0. The van der Waals surface area contributed by atoms with Crippen LogP contribution in [0.4, 0.5) is 0 Å². The van der Waals surface area contributed by atoms with Gasteiger partial charge < -0.3 is 4.74 Å². The molecule has 1 aromatic rings. The Morgan fingerprint density at radius 3 is 2.56 bits per heavy atom. The van der Waals surface area contributed by atoms with Crippen molar-refractivity contribution in [1.82, 2.24) is 0 Å². The topological polar surface area (TPSA) is 50.1 Å². The summed E-state index contributed by atoms with van der Waals surface area (Å²) in [5.74, 6) is -0.486. The fourth-order valence-electron chi connectivity index (χ4n) is 1.22. The van der Waals surface area contributed by atoms with Crippen LogP contribution in [-0.4, -0.2) is 12.6 Å². The van der Waals surface area contributed by atoms with Gasteiger partial charge in [0.2, 0.25) is 0 Å². The number of carbonyl (C=O) groups is 1. The normalized spacial score (nSPS) is 10.7. The molecule has 0 fully saturated rings. The maximum absolute atomic E-state index is 11.2. The molecule has 0 bridgehead atoms. The summed E-state index contributed by atoms with van der Waals surface area (Å²) in [5, 5.41) is 8.94. The van der Waals surface area contributed by atoms with Crippen LogP contribution < -0.4 is 0 Å². The highest BCUT2D eigenvalue weighted by atomic mass is 16.5. The van der Waals surface area contributed by atoms with E-state index in [0.717, 1.165) is 11.1 Å². The molecule has 82 valence electrons. The van der Waals surface area contributed by atoms with E-state index in [1.807, 2.05) is 37.3 Å². The van der Waals surface area contributed by atoms with E-state index < -0.39 is 5.97 Å². The molecule has 0 atom stereocenters. The Morgan fingerprint density at radius 2 is 2.06 bits per heavy atom. The quantitative estimate of drug-likeness (QED) is 0.442. The van der Waals surface area contributed by atoms with Crippen molar-refractivity contribution in [3.8, 4) is 6.07 Å². The summed E-state index contributed by atoms with van der Waals surface area (Å²) in [7, 11) is 0. The van der Waals surface area contributed by atoms with Crippen molar-refractivity contribution in [2.24, 2.45) is 0 Å². The number of ether oxygens (including phenoxy) is 1. The van der Waals surface area contributed by atoms with E-state index in [9.17, 15) is 4.79 Å². The maximum Gasteiger partial charge on any atom is 0.332 e. The maximum atomic E-state index is 11.2. The van der Waals surface area contributed by atoms with E-state index in [2.05, 4.69) is 0 Å². The van der Waals surface area contributed by atoms with Gasteiger partial charge in [-0.3, -0.25) is 0 Å². The molecule has 0 saturated heterocycles. The van der Waals surface area contributed by atoms with Crippen LogP contribution in [0.1, 0.15) is 18.1 Å². The largest absolute Gasteiger partial charge is 0.463 e. The van der Waals surface area contributed by atoms with E-state index >= 15 is 0 Å². The van der Waals surface area contributed by atoms with E-state index in [4.69, 9.17) is 10.00 Å². The molecule has 0 aliphatic heterocycles. The first-order chi connectivity index (χ1) is 7.67. The van der Waals surface area contributed by atoms with Gasteiger partial charge in [0.05, 0.1) is 12.2 Å². The Kier molecular flexibility index (Phi) is 4.28. The van der Waals surface area contributed by atoms with Gasteiger partial charge in [-0.15, -0.1) is 0 Å². The summed E-state index contributed by atoms with van der Waals surface area (Å²) in [6.07, 6.45) is 1.22. The highest BCUT2D eigenvalue weighted by molar-refractivity contribution is 5.95. The molecule has 3 heteroatoms. The third-order valence-corrected chi connectivity index (χ3v) is 2.03. The zero-order chi connectivity index (χ0) is 12.0. The molecular weight excluding hydrogens is 202 g/mol. The van der Waals surface area contributed by atoms with Crippen molar-refractivity contribution in [2.75, 3.05) is 6.61 Å². The monoisotopic (exact) mass is 215 g/mol. The molecule has 0 unspecified atom stereocenters. The van der Waals surface area contributed by atoms with Gasteiger partial charge in [-0.1, -0.05) is 29.8 Å². The summed E-state index contributed by atoms with van der Waals surface area (Å²) in [4.78, 5) is 11.2. The number of rotatable bonds is 3. The van der Waals surface area contributed by atoms with Crippen LogP contribution in [0.25, 0.3) is 5.57 Å². The van der Waals surface area contributed by atoms with Gasteiger partial charge in [0.1, 0.15) is 6.07 Å². The lowest BCUT2D eigenvalue weighted by Gasteiger charge is -2.00. The summed E-state index contributed by atoms with van der Waals surface area (Å²) in [6.45, 7) is 4.00. The molecule has 0 N–H and O–H groups in total. The van der Waals surface area contributed by atoms with Crippen molar-refractivity contribution in [1.29, 1.82) is 5.26 Å². The summed E-state index contributed by atoms with van der Waals surface area (Å²) in [6, 6.07) is 9.39. The average Bonchev–Trinajstić information content (AvgIpc) is 2.27. The van der Waals surface area contributed by atoms with Crippen LogP contribution in [0.15, 0.2) is 30.3 Å². The van der Waals surface area contributed by atoms with Gasteiger partial charge in [0.15, 0.2) is 0 Å². The second-order valence-corrected chi connectivity index (χ2v) is 3.29. The number of nitrogens with zero attached hydrogens (tertiary/aromatic N) is 1. The number of benzene rings is 1. The first-order valence-corrected chi connectivity index (χ1v) is 5.03. The van der Waals surface area contributed by atoms with Crippen LogP contribution in [-0.2, 0) is 9.53 Å². The van der Waals surface area contributed by atoms with Crippen molar-refractivity contribution in [3.05, 3.63) is 41.5 Å². The Balaban J connectivity index is 2.95. The number of hydrogen-bond acceptors (Lipinski definition) is 3. The van der Waals surface area contributed by atoms with Crippen LogP contribution in [0, 0.1) is 18.3 Å². The predicted octanol–water partition coefficient (Wildman–Crippen LogP) is 2.47. The molecule has 1 aromatic carbocycles. The highest BCUT2D eigenvalue weighted by Crippen LogP contribution is 2.14. The molecular formula is C13H13NO2. The zero-order valence-corrected chi connectivity index (χ0v) is 9.36. The molecule has 0 radical (unpaired) electrons. The van der Waals surface area contributed by atoms with Crippen molar-refractivity contribution < 1.29 is 9.53 Å². The Bertz CT molecular complexity index is 438. The molecule has 0 heterocycles. The smallest absolute Gasteiger partial charge is 0.332 e. The lowest BCUT2D eigenvalue weighted by molar-refractivity contribution is -0.137. The van der Waals surface area contributed by atoms with Gasteiger partial charge in [-0.2, -0.15) is 5.26 Å². The van der Waals surface area contributed by atoms with Gasteiger partial charge in [0, 0.05) is 6.08 Å². The fraction of sp³-hybridized carbons (Fsp3) is 0.231. The van der Waals surface area contributed by atoms with Gasteiger partial charge >= 0.3 is 5.97 Å². The number of aryl methyl sites for hydroxylation is 1. The SMILES string of the molecule is CCOC(=O)C=C(C#N)c1ccc(C)cc1. The Hall–Kier alpha value is -2.08. The lowest BCUT2D eigenvalue weighted by atomic mass is 10.1. The van der Waals surface area contributed by atoms with Crippen molar-refractivity contribution >= 4 is 11.5 Å². The predicted molar refractivity (Wildman–Crippen MR) is 61.4 cm³/mol. The first kappa shape index (κ1) is 12.0. The van der Waals surface area contributed by atoms with Crippen LogP contribution in [0.2, 0.25) is 0 Å². The summed E-state index contributed by atoms with van der Waals surface area (Å²) < 4.78 is 4.75. The van der Waals surface area contributed by atoms with Crippen LogP contribution in [0.3, 0.4) is 0 Å². The van der Waals surface area contributed by atoms with Crippen LogP contribution in [0.5, 0.6) is 0 Å². The molecule has 0 amide bonds. The number of esters is 1. The average molecular weight is 215 g/mol. The molecule has 3 nitrogen and oxygen atoms in total. The minimum atomic E-state index is -0.486. The van der Waals surface area contributed by atoms with Crippen LogP contribution >= 0.6 is 0 Å². The van der Waals surface area contributed by atoms with E-state index in [1.54, 1.807) is 6.92 Å². The number of allylic oxidation sites excluding steroid dienone is 1. The zero-order valence-electron chi connectivity index (χ0n) is 9.36. The standard InChI is InChI=1S/C13H13NO2/c1-3-16-13(15)8-12(9-14)11-6-4-10(2)5-7-11/h4-8H,3H2,1-2H3. The van der Waals surface area contributed by atoms with Gasteiger partial charge in [-0.05, 0) is 19.4 Å².